The normalized spacial score (nSPS) is 12.9. The summed E-state index contributed by atoms with van der Waals surface area (Å²) in [5.41, 5.74) is 6.69. The molecule has 2 atom stereocenters. The maximum absolute atomic E-state index is 12.2. The van der Waals surface area contributed by atoms with Crippen LogP contribution in [0.5, 0.6) is 23.0 Å². The predicted octanol–water partition coefficient (Wildman–Crippen LogP) is 0.191. The second-order valence-electron chi connectivity index (χ2n) is 6.06. The van der Waals surface area contributed by atoms with E-state index < -0.39 is 29.7 Å². The van der Waals surface area contributed by atoms with Crippen molar-refractivity contribution < 1.29 is 35.1 Å². The molecule has 8 N–H and O–H groups in total. The lowest BCUT2D eigenvalue weighted by molar-refractivity contribution is -0.141. The molecule has 9 nitrogen and oxygen atoms in total. The average molecular weight is 376 g/mol. The zero-order valence-electron chi connectivity index (χ0n) is 14.2. The Bertz CT molecular complexity index is 854. The van der Waals surface area contributed by atoms with Gasteiger partial charge in [0.2, 0.25) is 5.91 Å². The molecule has 0 bridgehead atoms. The number of hydrogen-bond donors (Lipinski definition) is 7. The molecule has 0 saturated carbocycles. The lowest BCUT2D eigenvalue weighted by atomic mass is 10.0. The fourth-order valence-electron chi connectivity index (χ4n) is 2.45. The van der Waals surface area contributed by atoms with E-state index in [0.717, 1.165) is 0 Å². The van der Waals surface area contributed by atoms with Gasteiger partial charge in [-0.15, -0.1) is 0 Å². The molecule has 0 fully saturated rings. The van der Waals surface area contributed by atoms with Crippen molar-refractivity contribution in [3.8, 4) is 23.0 Å². The van der Waals surface area contributed by atoms with E-state index in [1.807, 2.05) is 0 Å². The Hall–Kier alpha value is -3.46. The Morgan fingerprint density at radius 1 is 0.852 bits per heavy atom. The van der Waals surface area contributed by atoms with Gasteiger partial charge in [0.15, 0.2) is 23.0 Å². The van der Waals surface area contributed by atoms with Crippen molar-refractivity contribution in [2.45, 2.75) is 24.9 Å². The molecule has 9 heteroatoms. The van der Waals surface area contributed by atoms with Crippen LogP contribution in [-0.2, 0) is 22.4 Å². The largest absolute Gasteiger partial charge is 0.504 e. The number of nitrogens with one attached hydrogen (secondary N) is 1. The number of hydrogen-bond acceptors (Lipinski definition) is 7. The van der Waals surface area contributed by atoms with Gasteiger partial charge in [0, 0.05) is 6.42 Å². The highest BCUT2D eigenvalue weighted by Crippen LogP contribution is 2.26. The maximum Gasteiger partial charge on any atom is 0.326 e. The molecule has 0 spiro atoms. The third kappa shape index (κ3) is 5.25. The highest BCUT2D eigenvalue weighted by Gasteiger charge is 2.24. The molecule has 2 aromatic carbocycles. The van der Waals surface area contributed by atoms with Crippen LogP contribution in [0.25, 0.3) is 0 Å². The summed E-state index contributed by atoms with van der Waals surface area (Å²) in [6.45, 7) is 0. The summed E-state index contributed by atoms with van der Waals surface area (Å²) in [6, 6.07) is 5.48. The number of amides is 1. The summed E-state index contributed by atoms with van der Waals surface area (Å²) in [5.74, 6) is -3.39. The summed E-state index contributed by atoms with van der Waals surface area (Å²) >= 11 is 0. The number of carbonyl (C=O) groups is 2. The van der Waals surface area contributed by atoms with E-state index in [0.29, 0.717) is 11.1 Å². The van der Waals surface area contributed by atoms with Crippen LogP contribution in [0.4, 0.5) is 0 Å². The van der Waals surface area contributed by atoms with Crippen LogP contribution in [0.15, 0.2) is 36.4 Å². The highest BCUT2D eigenvalue weighted by molar-refractivity contribution is 5.87. The molecule has 0 radical (unpaired) electrons. The molecule has 2 rings (SSSR count). The summed E-state index contributed by atoms with van der Waals surface area (Å²) in [7, 11) is 0. The van der Waals surface area contributed by atoms with E-state index in [2.05, 4.69) is 5.32 Å². The number of aliphatic carboxylic acids is 1. The minimum absolute atomic E-state index is 0.0199. The first kappa shape index (κ1) is 19.9. The third-order valence-corrected chi connectivity index (χ3v) is 3.93. The fourth-order valence-corrected chi connectivity index (χ4v) is 2.45. The highest BCUT2D eigenvalue weighted by atomic mass is 16.4. The Morgan fingerprint density at radius 2 is 1.33 bits per heavy atom. The van der Waals surface area contributed by atoms with Crippen molar-refractivity contribution >= 4 is 11.9 Å². The molecule has 27 heavy (non-hydrogen) atoms. The maximum atomic E-state index is 12.2. The molecular formula is C18H20N2O7. The van der Waals surface area contributed by atoms with Gasteiger partial charge in [-0.05, 0) is 41.8 Å². The summed E-state index contributed by atoms with van der Waals surface area (Å²) in [4.78, 5) is 23.7. The molecular weight excluding hydrogens is 356 g/mol. The van der Waals surface area contributed by atoms with Crippen molar-refractivity contribution in [3.63, 3.8) is 0 Å². The summed E-state index contributed by atoms with van der Waals surface area (Å²) < 4.78 is 0. The monoisotopic (exact) mass is 376 g/mol. The number of nitrogens with two attached hydrogens (primary N) is 1. The smallest absolute Gasteiger partial charge is 0.326 e. The molecule has 0 saturated heterocycles. The third-order valence-electron chi connectivity index (χ3n) is 3.93. The van der Waals surface area contributed by atoms with E-state index >= 15 is 0 Å². The number of rotatable bonds is 7. The molecule has 0 aliphatic heterocycles. The van der Waals surface area contributed by atoms with Gasteiger partial charge in [-0.1, -0.05) is 12.1 Å². The Kier molecular flexibility index (Phi) is 6.09. The van der Waals surface area contributed by atoms with E-state index in [1.54, 1.807) is 0 Å². The van der Waals surface area contributed by atoms with Crippen LogP contribution in [-0.4, -0.2) is 49.5 Å². The number of phenols is 4. The van der Waals surface area contributed by atoms with Gasteiger partial charge < -0.3 is 36.6 Å². The number of carboxylic acid groups (broad SMARTS) is 1. The van der Waals surface area contributed by atoms with Gasteiger partial charge in [-0.25, -0.2) is 4.79 Å². The molecule has 0 unspecified atom stereocenters. The molecule has 144 valence electrons. The second kappa shape index (κ2) is 8.28. The van der Waals surface area contributed by atoms with Crippen LogP contribution >= 0.6 is 0 Å². The topological polar surface area (TPSA) is 173 Å². The Morgan fingerprint density at radius 3 is 1.78 bits per heavy atom. The lowest BCUT2D eigenvalue weighted by Crippen LogP contribution is -2.50. The fraction of sp³-hybridized carbons (Fsp3) is 0.222. The van der Waals surface area contributed by atoms with Gasteiger partial charge in [0.05, 0.1) is 6.04 Å². The van der Waals surface area contributed by atoms with E-state index in [1.165, 1.54) is 36.4 Å². The number of benzene rings is 2. The second-order valence-corrected chi connectivity index (χ2v) is 6.06. The standard InChI is InChI=1S/C18H20N2O7/c19-11(5-9-1-3-13(21)15(23)7-9)17(25)20-12(18(26)27)6-10-2-4-14(22)16(24)8-10/h1-4,7-8,11-12,21-24H,5-6,19H2,(H,20,25)(H,26,27)/t11-,12-/m0/s1. The number of aromatic hydroxyl groups is 4. The van der Waals surface area contributed by atoms with E-state index in [4.69, 9.17) is 5.73 Å². The molecule has 2 aromatic rings. The first-order valence-electron chi connectivity index (χ1n) is 7.98. The van der Waals surface area contributed by atoms with Crippen LogP contribution in [0.2, 0.25) is 0 Å². The molecule has 0 heterocycles. The lowest BCUT2D eigenvalue weighted by Gasteiger charge is -2.18. The average Bonchev–Trinajstić information content (AvgIpc) is 2.60. The zero-order chi connectivity index (χ0) is 20.1. The minimum Gasteiger partial charge on any atom is -0.504 e. The first-order chi connectivity index (χ1) is 12.7. The quantitative estimate of drug-likeness (QED) is 0.335. The van der Waals surface area contributed by atoms with Gasteiger partial charge in [0.1, 0.15) is 6.04 Å². The number of carbonyl (C=O) groups excluding carboxylic acids is 1. The van der Waals surface area contributed by atoms with Crippen molar-refractivity contribution in [1.29, 1.82) is 0 Å². The van der Waals surface area contributed by atoms with Crippen molar-refractivity contribution in [2.24, 2.45) is 5.73 Å². The van der Waals surface area contributed by atoms with Crippen molar-refractivity contribution in [1.82, 2.24) is 5.32 Å². The predicted molar refractivity (Wildman–Crippen MR) is 94.5 cm³/mol. The van der Waals surface area contributed by atoms with Crippen LogP contribution in [0, 0.1) is 0 Å². The van der Waals surface area contributed by atoms with Gasteiger partial charge >= 0.3 is 5.97 Å². The van der Waals surface area contributed by atoms with Crippen molar-refractivity contribution in [2.75, 3.05) is 0 Å². The van der Waals surface area contributed by atoms with Gasteiger partial charge in [-0.2, -0.15) is 0 Å². The number of carboxylic acids is 1. The van der Waals surface area contributed by atoms with Crippen LogP contribution < -0.4 is 11.1 Å². The first-order valence-corrected chi connectivity index (χ1v) is 7.98. The summed E-state index contributed by atoms with van der Waals surface area (Å²) in [5, 5.41) is 49.2. The van der Waals surface area contributed by atoms with Crippen LogP contribution in [0.1, 0.15) is 11.1 Å². The van der Waals surface area contributed by atoms with Gasteiger partial charge in [-0.3, -0.25) is 4.79 Å². The van der Waals surface area contributed by atoms with E-state index in [9.17, 15) is 35.1 Å². The molecule has 0 aromatic heterocycles. The Labute approximate surface area is 154 Å². The molecule has 0 aliphatic rings. The van der Waals surface area contributed by atoms with E-state index in [-0.39, 0.29) is 30.1 Å². The molecule has 0 aliphatic carbocycles. The van der Waals surface area contributed by atoms with Crippen LogP contribution in [0.3, 0.4) is 0 Å². The Balaban J connectivity index is 2.03. The summed E-state index contributed by atoms with van der Waals surface area (Å²) in [6.07, 6.45) is -0.104. The van der Waals surface area contributed by atoms with Gasteiger partial charge in [0.25, 0.3) is 0 Å². The number of phenolic OH excluding ortho intramolecular Hbond substituents is 4. The minimum atomic E-state index is -1.29. The van der Waals surface area contributed by atoms with Crippen molar-refractivity contribution in [3.05, 3.63) is 47.5 Å². The zero-order valence-corrected chi connectivity index (χ0v) is 14.2. The molecule has 1 amide bonds. The SMILES string of the molecule is N[C@@H](Cc1ccc(O)c(O)c1)C(=O)N[C@@H](Cc1ccc(O)c(O)c1)C(=O)O.